The van der Waals surface area contributed by atoms with Gasteiger partial charge in [0, 0.05) is 12.0 Å². The van der Waals surface area contributed by atoms with E-state index < -0.39 is 5.97 Å². The molecule has 0 amide bonds. The lowest BCUT2D eigenvalue weighted by Crippen LogP contribution is -1.97. The molecule has 0 bridgehead atoms. The van der Waals surface area contributed by atoms with Crippen LogP contribution in [0.15, 0.2) is 0 Å². The Morgan fingerprint density at radius 1 is 1.67 bits per heavy atom. The van der Waals surface area contributed by atoms with Crippen LogP contribution in [0.4, 0.5) is 0 Å². The number of hydrogen-bond acceptors (Lipinski definition) is 3. The fraction of sp³-hybridized carbons (Fsp3) is 0.429. The van der Waals surface area contributed by atoms with Gasteiger partial charge in [-0.1, -0.05) is 0 Å². The normalized spacial score (nSPS) is 10.1. The highest BCUT2D eigenvalue weighted by molar-refractivity contribution is 5.67. The van der Waals surface area contributed by atoms with Crippen LogP contribution in [0.3, 0.4) is 0 Å². The molecule has 0 saturated carbocycles. The summed E-state index contributed by atoms with van der Waals surface area (Å²) >= 11 is 0. The third kappa shape index (κ3) is 1.75. The molecule has 66 valence electrons. The highest BCUT2D eigenvalue weighted by Crippen LogP contribution is 2.17. The van der Waals surface area contributed by atoms with Crippen molar-refractivity contribution >= 4 is 5.97 Å². The minimum absolute atomic E-state index is 0.00787. The van der Waals surface area contributed by atoms with Crippen LogP contribution in [-0.2, 0) is 11.2 Å². The molecule has 1 aromatic heterocycles. The van der Waals surface area contributed by atoms with Crippen LogP contribution >= 0.6 is 0 Å². The number of aromatic hydroxyl groups is 1. The van der Waals surface area contributed by atoms with Crippen LogP contribution in [0.5, 0.6) is 5.88 Å². The van der Waals surface area contributed by atoms with Crippen molar-refractivity contribution in [1.82, 2.24) is 10.2 Å². The van der Waals surface area contributed by atoms with Gasteiger partial charge in [-0.3, -0.25) is 4.79 Å². The number of aliphatic carboxylic acids is 1. The zero-order valence-electron chi connectivity index (χ0n) is 6.66. The lowest BCUT2D eigenvalue weighted by atomic mass is 10.1. The Kier molecular flexibility index (Phi) is 2.32. The molecule has 3 N–H and O–H groups in total. The molecule has 12 heavy (non-hydrogen) atoms. The Morgan fingerprint density at radius 3 is 2.75 bits per heavy atom. The Labute approximate surface area is 69.0 Å². The van der Waals surface area contributed by atoms with Crippen LogP contribution in [0.25, 0.3) is 0 Å². The number of nitrogens with one attached hydrogen (secondary N) is 1. The van der Waals surface area contributed by atoms with Crippen molar-refractivity contribution < 1.29 is 15.0 Å². The number of hydrogen-bond donors (Lipinski definition) is 3. The Hall–Kier alpha value is -1.52. The van der Waals surface area contributed by atoms with E-state index in [1.807, 2.05) is 0 Å². The minimum Gasteiger partial charge on any atom is -0.493 e. The van der Waals surface area contributed by atoms with Crippen LogP contribution in [0.1, 0.15) is 17.7 Å². The summed E-state index contributed by atoms with van der Waals surface area (Å²) in [5.74, 6) is -0.913. The summed E-state index contributed by atoms with van der Waals surface area (Å²) in [7, 11) is 0. The Bertz CT molecular complexity index is 273. The number of nitrogens with zero attached hydrogens (tertiary/aromatic N) is 1. The van der Waals surface area contributed by atoms with Crippen LogP contribution in [-0.4, -0.2) is 26.4 Å². The highest BCUT2D eigenvalue weighted by atomic mass is 16.4. The minimum atomic E-state index is -0.880. The first-order valence-corrected chi connectivity index (χ1v) is 3.56. The molecule has 0 aliphatic rings. The Balaban J connectivity index is 2.68. The summed E-state index contributed by atoms with van der Waals surface area (Å²) in [5, 5.41) is 23.6. The van der Waals surface area contributed by atoms with Crippen LogP contribution < -0.4 is 0 Å². The molecule has 0 radical (unpaired) electrons. The topological polar surface area (TPSA) is 86.2 Å². The Morgan fingerprint density at radius 2 is 2.33 bits per heavy atom. The number of aromatic nitrogens is 2. The quantitative estimate of drug-likeness (QED) is 0.614. The summed E-state index contributed by atoms with van der Waals surface area (Å²) in [5.41, 5.74) is 1.23. The van der Waals surface area contributed by atoms with E-state index in [0.717, 1.165) is 0 Å². The molecule has 0 spiro atoms. The molecule has 0 saturated heterocycles. The van der Waals surface area contributed by atoms with Gasteiger partial charge in [0.05, 0.1) is 5.69 Å². The largest absolute Gasteiger partial charge is 0.493 e. The monoisotopic (exact) mass is 170 g/mol. The van der Waals surface area contributed by atoms with Crippen molar-refractivity contribution in [3.05, 3.63) is 11.3 Å². The van der Waals surface area contributed by atoms with Gasteiger partial charge in [0.25, 0.3) is 0 Å². The highest BCUT2D eigenvalue weighted by Gasteiger charge is 2.09. The zero-order chi connectivity index (χ0) is 9.14. The maximum atomic E-state index is 10.2. The van der Waals surface area contributed by atoms with Gasteiger partial charge in [-0.25, -0.2) is 5.10 Å². The SMILES string of the molecule is Cc1n[nH]c(O)c1CCC(=O)O. The number of carboxylic acids is 1. The van der Waals surface area contributed by atoms with Gasteiger partial charge in [0.1, 0.15) is 0 Å². The molecule has 1 rings (SSSR count). The maximum Gasteiger partial charge on any atom is 0.303 e. The average molecular weight is 170 g/mol. The number of carboxylic acid groups (broad SMARTS) is 1. The number of aryl methyl sites for hydroxylation is 1. The van der Waals surface area contributed by atoms with Gasteiger partial charge < -0.3 is 10.2 Å². The second kappa shape index (κ2) is 3.25. The van der Waals surface area contributed by atoms with E-state index in [4.69, 9.17) is 10.2 Å². The molecule has 0 aromatic carbocycles. The fourth-order valence-corrected chi connectivity index (χ4v) is 0.974. The van der Waals surface area contributed by atoms with E-state index in [1.54, 1.807) is 6.92 Å². The van der Waals surface area contributed by atoms with Crippen molar-refractivity contribution in [1.29, 1.82) is 0 Å². The molecular weight excluding hydrogens is 160 g/mol. The summed E-state index contributed by atoms with van der Waals surface area (Å²) < 4.78 is 0. The number of H-pyrrole nitrogens is 1. The van der Waals surface area contributed by atoms with E-state index in [9.17, 15) is 4.79 Å². The lowest BCUT2D eigenvalue weighted by molar-refractivity contribution is -0.136. The van der Waals surface area contributed by atoms with Crippen LogP contribution in [0, 0.1) is 6.92 Å². The lowest BCUT2D eigenvalue weighted by Gasteiger charge is -1.95. The molecule has 5 heteroatoms. The summed E-state index contributed by atoms with van der Waals surface area (Å²) in [6.07, 6.45) is 0.317. The predicted molar refractivity (Wildman–Crippen MR) is 40.9 cm³/mol. The van der Waals surface area contributed by atoms with Gasteiger partial charge >= 0.3 is 5.97 Å². The van der Waals surface area contributed by atoms with Crippen molar-refractivity contribution in [2.24, 2.45) is 0 Å². The summed E-state index contributed by atoms with van der Waals surface area (Å²) in [4.78, 5) is 10.2. The molecule has 0 aliphatic heterocycles. The zero-order valence-corrected chi connectivity index (χ0v) is 6.66. The van der Waals surface area contributed by atoms with E-state index in [2.05, 4.69) is 10.2 Å². The smallest absolute Gasteiger partial charge is 0.303 e. The number of carbonyl (C=O) groups is 1. The molecule has 0 aliphatic carbocycles. The van der Waals surface area contributed by atoms with E-state index in [-0.39, 0.29) is 12.3 Å². The third-order valence-corrected chi connectivity index (χ3v) is 1.64. The first-order chi connectivity index (χ1) is 5.61. The third-order valence-electron chi connectivity index (χ3n) is 1.64. The van der Waals surface area contributed by atoms with Crippen molar-refractivity contribution in [2.75, 3.05) is 0 Å². The van der Waals surface area contributed by atoms with Crippen molar-refractivity contribution in [3.63, 3.8) is 0 Å². The van der Waals surface area contributed by atoms with Crippen molar-refractivity contribution in [2.45, 2.75) is 19.8 Å². The average Bonchev–Trinajstić information content (AvgIpc) is 2.28. The maximum absolute atomic E-state index is 10.2. The molecule has 0 unspecified atom stereocenters. The van der Waals surface area contributed by atoms with Gasteiger partial charge in [-0.15, -0.1) is 0 Å². The van der Waals surface area contributed by atoms with E-state index in [0.29, 0.717) is 17.7 Å². The standard InChI is InChI=1S/C7H10N2O3/c1-4-5(2-3-6(10)11)7(12)9-8-4/h2-3H2,1H3,(H,10,11)(H2,8,9,12). The van der Waals surface area contributed by atoms with Gasteiger partial charge in [-0.05, 0) is 13.3 Å². The number of rotatable bonds is 3. The summed E-state index contributed by atoms with van der Waals surface area (Å²) in [6, 6.07) is 0. The van der Waals surface area contributed by atoms with Crippen LogP contribution in [0.2, 0.25) is 0 Å². The molecule has 1 aromatic rings. The van der Waals surface area contributed by atoms with E-state index >= 15 is 0 Å². The summed E-state index contributed by atoms with van der Waals surface area (Å²) in [6.45, 7) is 1.72. The van der Waals surface area contributed by atoms with Gasteiger partial charge in [-0.2, -0.15) is 5.10 Å². The van der Waals surface area contributed by atoms with Gasteiger partial charge in [0.2, 0.25) is 5.88 Å². The first kappa shape index (κ1) is 8.58. The molecular formula is C7H10N2O3. The van der Waals surface area contributed by atoms with E-state index in [1.165, 1.54) is 0 Å². The second-order valence-electron chi connectivity index (χ2n) is 2.53. The fourth-order valence-electron chi connectivity index (χ4n) is 0.974. The molecule has 0 atom stereocenters. The van der Waals surface area contributed by atoms with Gasteiger partial charge in [0.15, 0.2) is 0 Å². The second-order valence-corrected chi connectivity index (χ2v) is 2.53. The molecule has 1 heterocycles. The predicted octanol–water partition coefficient (Wildman–Crippen LogP) is 0.441. The number of aromatic amines is 1. The van der Waals surface area contributed by atoms with Crippen molar-refractivity contribution in [3.8, 4) is 5.88 Å². The first-order valence-electron chi connectivity index (χ1n) is 3.56. The molecule has 0 fully saturated rings. The molecule has 5 nitrogen and oxygen atoms in total.